The standard InChI is InChI=1S/C17H17FN2O4/c1-22-14-9-16(24-3)15(23-2)8-12(14)10-19-20-17(21)11-5-4-6-13(18)7-11/h4-10H,1-3H3,(H,20,21). The maximum Gasteiger partial charge on any atom is 0.271 e. The zero-order valence-corrected chi connectivity index (χ0v) is 13.5. The van der Waals surface area contributed by atoms with E-state index in [9.17, 15) is 9.18 Å². The summed E-state index contributed by atoms with van der Waals surface area (Å²) in [5.74, 6) is 0.487. The molecule has 2 rings (SSSR count). The number of carbonyl (C=O) groups is 1. The van der Waals surface area contributed by atoms with Gasteiger partial charge in [-0.05, 0) is 24.3 Å². The van der Waals surface area contributed by atoms with Crippen LogP contribution in [0.25, 0.3) is 0 Å². The molecule has 0 spiro atoms. The average Bonchev–Trinajstić information content (AvgIpc) is 2.61. The van der Waals surface area contributed by atoms with Crippen LogP contribution in [-0.4, -0.2) is 33.5 Å². The summed E-state index contributed by atoms with van der Waals surface area (Å²) in [5, 5.41) is 3.86. The topological polar surface area (TPSA) is 69.2 Å². The lowest BCUT2D eigenvalue weighted by Crippen LogP contribution is -2.17. The fourth-order valence-electron chi connectivity index (χ4n) is 2.01. The van der Waals surface area contributed by atoms with Gasteiger partial charge in [-0.1, -0.05) is 6.07 Å². The van der Waals surface area contributed by atoms with Crippen LogP contribution in [0.15, 0.2) is 41.5 Å². The number of hydrogen-bond acceptors (Lipinski definition) is 5. The summed E-state index contributed by atoms with van der Waals surface area (Å²) in [7, 11) is 4.53. The molecule has 0 bridgehead atoms. The molecule has 0 heterocycles. The van der Waals surface area contributed by atoms with E-state index in [0.29, 0.717) is 22.8 Å². The molecule has 126 valence electrons. The van der Waals surface area contributed by atoms with Gasteiger partial charge in [-0.2, -0.15) is 5.10 Å². The van der Waals surface area contributed by atoms with Gasteiger partial charge in [-0.15, -0.1) is 0 Å². The van der Waals surface area contributed by atoms with Crippen molar-refractivity contribution < 1.29 is 23.4 Å². The quantitative estimate of drug-likeness (QED) is 0.652. The van der Waals surface area contributed by atoms with E-state index in [2.05, 4.69) is 10.5 Å². The number of methoxy groups -OCH3 is 3. The number of hydrazone groups is 1. The Kier molecular flexibility index (Phi) is 5.73. The lowest BCUT2D eigenvalue weighted by atomic mass is 10.2. The van der Waals surface area contributed by atoms with Crippen molar-refractivity contribution in [3.8, 4) is 17.2 Å². The zero-order valence-electron chi connectivity index (χ0n) is 13.5. The lowest BCUT2D eigenvalue weighted by Gasteiger charge is -2.11. The second-order valence-corrected chi connectivity index (χ2v) is 4.66. The van der Waals surface area contributed by atoms with Crippen LogP contribution in [-0.2, 0) is 0 Å². The van der Waals surface area contributed by atoms with Crippen molar-refractivity contribution in [2.45, 2.75) is 0 Å². The summed E-state index contributed by atoms with van der Waals surface area (Å²) in [6.45, 7) is 0. The van der Waals surface area contributed by atoms with Gasteiger partial charge in [-0.3, -0.25) is 4.79 Å². The number of nitrogens with zero attached hydrogens (tertiary/aromatic N) is 1. The largest absolute Gasteiger partial charge is 0.496 e. The van der Waals surface area contributed by atoms with Crippen LogP contribution in [0.3, 0.4) is 0 Å². The van der Waals surface area contributed by atoms with Crippen molar-refractivity contribution in [1.29, 1.82) is 0 Å². The van der Waals surface area contributed by atoms with Crippen LogP contribution in [0.4, 0.5) is 4.39 Å². The molecular formula is C17H17FN2O4. The minimum absolute atomic E-state index is 0.173. The Hall–Kier alpha value is -3.09. The van der Waals surface area contributed by atoms with Crippen molar-refractivity contribution in [1.82, 2.24) is 5.43 Å². The first kappa shape index (κ1) is 17.3. The number of amides is 1. The molecular weight excluding hydrogens is 315 g/mol. The van der Waals surface area contributed by atoms with Crippen molar-refractivity contribution in [2.75, 3.05) is 21.3 Å². The second kappa shape index (κ2) is 7.96. The van der Waals surface area contributed by atoms with Gasteiger partial charge in [0, 0.05) is 17.2 Å². The Balaban J connectivity index is 2.17. The zero-order chi connectivity index (χ0) is 17.5. The lowest BCUT2D eigenvalue weighted by molar-refractivity contribution is 0.0954. The summed E-state index contributed by atoms with van der Waals surface area (Å²) in [6.07, 6.45) is 1.40. The van der Waals surface area contributed by atoms with E-state index in [1.807, 2.05) is 0 Å². The fourth-order valence-corrected chi connectivity index (χ4v) is 2.01. The van der Waals surface area contributed by atoms with Gasteiger partial charge in [-0.25, -0.2) is 9.82 Å². The highest BCUT2D eigenvalue weighted by atomic mass is 19.1. The maximum absolute atomic E-state index is 13.1. The Morgan fingerprint density at radius 1 is 1.04 bits per heavy atom. The van der Waals surface area contributed by atoms with E-state index in [0.717, 1.165) is 6.07 Å². The molecule has 2 aromatic rings. The Labute approximate surface area is 138 Å². The predicted octanol–water partition coefficient (Wildman–Crippen LogP) is 2.62. The molecule has 1 amide bonds. The molecule has 0 saturated heterocycles. The minimum Gasteiger partial charge on any atom is -0.496 e. The number of nitrogens with one attached hydrogen (secondary N) is 1. The summed E-state index contributed by atoms with van der Waals surface area (Å²) >= 11 is 0. The molecule has 0 aliphatic carbocycles. The number of rotatable bonds is 6. The highest BCUT2D eigenvalue weighted by Crippen LogP contribution is 2.33. The minimum atomic E-state index is -0.523. The van der Waals surface area contributed by atoms with Gasteiger partial charge in [0.05, 0.1) is 27.5 Å². The van der Waals surface area contributed by atoms with Crippen LogP contribution in [0, 0.1) is 5.82 Å². The van der Waals surface area contributed by atoms with E-state index < -0.39 is 11.7 Å². The van der Waals surface area contributed by atoms with Gasteiger partial charge >= 0.3 is 0 Å². The van der Waals surface area contributed by atoms with Crippen LogP contribution in [0.2, 0.25) is 0 Å². The molecule has 6 nitrogen and oxygen atoms in total. The molecule has 7 heteroatoms. The van der Waals surface area contributed by atoms with E-state index in [4.69, 9.17) is 14.2 Å². The Bertz CT molecular complexity index is 762. The highest BCUT2D eigenvalue weighted by Gasteiger charge is 2.11. The first-order valence-corrected chi connectivity index (χ1v) is 6.98. The van der Waals surface area contributed by atoms with Crippen molar-refractivity contribution >= 4 is 12.1 Å². The van der Waals surface area contributed by atoms with E-state index in [1.165, 1.54) is 45.7 Å². The summed E-state index contributed by atoms with van der Waals surface area (Å²) in [4.78, 5) is 11.9. The Morgan fingerprint density at radius 2 is 1.71 bits per heavy atom. The van der Waals surface area contributed by atoms with Crippen molar-refractivity contribution in [2.24, 2.45) is 5.10 Å². The smallest absolute Gasteiger partial charge is 0.271 e. The normalized spacial score (nSPS) is 10.5. The van der Waals surface area contributed by atoms with Crippen LogP contribution in [0.1, 0.15) is 15.9 Å². The third kappa shape index (κ3) is 4.01. The molecule has 0 atom stereocenters. The van der Waals surface area contributed by atoms with Gasteiger partial charge in [0.1, 0.15) is 11.6 Å². The summed E-state index contributed by atoms with van der Waals surface area (Å²) in [6, 6.07) is 8.64. The number of carbonyl (C=O) groups excluding carboxylic acids is 1. The third-order valence-electron chi connectivity index (χ3n) is 3.19. The van der Waals surface area contributed by atoms with Gasteiger partial charge < -0.3 is 14.2 Å². The third-order valence-corrected chi connectivity index (χ3v) is 3.19. The molecule has 0 radical (unpaired) electrons. The maximum atomic E-state index is 13.1. The molecule has 24 heavy (non-hydrogen) atoms. The monoisotopic (exact) mass is 332 g/mol. The average molecular weight is 332 g/mol. The summed E-state index contributed by atoms with van der Waals surface area (Å²) < 4.78 is 28.8. The molecule has 0 aliphatic heterocycles. The van der Waals surface area contributed by atoms with Gasteiger partial charge in [0.15, 0.2) is 11.5 Å². The van der Waals surface area contributed by atoms with Gasteiger partial charge in [0.2, 0.25) is 0 Å². The van der Waals surface area contributed by atoms with E-state index in [-0.39, 0.29) is 5.56 Å². The number of ether oxygens (including phenoxy) is 3. The van der Waals surface area contributed by atoms with Crippen molar-refractivity contribution in [3.63, 3.8) is 0 Å². The molecule has 0 fully saturated rings. The number of hydrogen-bond donors (Lipinski definition) is 1. The molecule has 0 unspecified atom stereocenters. The highest BCUT2D eigenvalue weighted by molar-refractivity contribution is 5.95. The molecule has 0 aromatic heterocycles. The summed E-state index contributed by atoms with van der Waals surface area (Å²) in [5.41, 5.74) is 3.08. The first-order chi connectivity index (χ1) is 11.6. The fraction of sp³-hybridized carbons (Fsp3) is 0.176. The van der Waals surface area contributed by atoms with Crippen LogP contribution in [0.5, 0.6) is 17.2 Å². The van der Waals surface area contributed by atoms with E-state index >= 15 is 0 Å². The second-order valence-electron chi connectivity index (χ2n) is 4.66. The van der Waals surface area contributed by atoms with Crippen molar-refractivity contribution in [3.05, 3.63) is 53.3 Å². The SMILES string of the molecule is COc1cc(OC)c(OC)cc1C=NNC(=O)c1cccc(F)c1. The van der Waals surface area contributed by atoms with E-state index in [1.54, 1.807) is 12.1 Å². The number of halogens is 1. The number of benzene rings is 2. The van der Waals surface area contributed by atoms with Gasteiger partial charge in [0.25, 0.3) is 5.91 Å². The van der Waals surface area contributed by atoms with Crippen LogP contribution < -0.4 is 19.6 Å². The first-order valence-electron chi connectivity index (χ1n) is 6.98. The molecule has 0 saturated carbocycles. The Morgan fingerprint density at radius 3 is 2.33 bits per heavy atom. The molecule has 2 aromatic carbocycles. The molecule has 0 aliphatic rings. The van der Waals surface area contributed by atoms with Crippen LogP contribution >= 0.6 is 0 Å². The predicted molar refractivity (Wildman–Crippen MR) is 87.6 cm³/mol. The molecule has 1 N–H and O–H groups in total.